The molecule has 1 heteroatoms. The summed E-state index contributed by atoms with van der Waals surface area (Å²) in [5.74, 6) is 0. The van der Waals surface area contributed by atoms with Crippen molar-refractivity contribution in [3.05, 3.63) is 40.5 Å². The first-order chi connectivity index (χ1) is 3.93. The van der Waals surface area contributed by atoms with Gasteiger partial charge < -0.3 is 0 Å². The molecular weight excluding hydrogens is 281 g/mol. The van der Waals surface area contributed by atoms with E-state index in [1.54, 1.807) is 0 Å². The second-order valence-electron chi connectivity index (χ2n) is 1.50. The predicted octanol–water partition coefficient (Wildman–Crippen LogP) is 1.74. The molecule has 0 aliphatic rings. The van der Waals surface area contributed by atoms with Crippen molar-refractivity contribution >= 4 is 0 Å². The minimum absolute atomic E-state index is 1.26. The van der Waals surface area contributed by atoms with Crippen LogP contribution < -0.4 is 0 Å². The zero-order valence-corrected chi connectivity index (χ0v) is 6.43. The van der Waals surface area contributed by atoms with Crippen molar-refractivity contribution in [1.82, 2.24) is 0 Å². The van der Waals surface area contributed by atoms with E-state index in [1.165, 1.54) is 5.56 Å². The first-order valence-corrected chi connectivity index (χ1v) is 3.62. The maximum absolute atomic E-state index is 2.39. The Bertz CT molecular complexity index is 146. The van der Waals surface area contributed by atoms with Crippen molar-refractivity contribution in [2.45, 2.75) is 0 Å². The standard InChI is InChI=1S/C7H6.Au/c1-7-5-3-2-4-6-7;/h1-6H;. The van der Waals surface area contributed by atoms with E-state index in [4.69, 9.17) is 0 Å². The van der Waals surface area contributed by atoms with Crippen molar-refractivity contribution in [1.29, 1.82) is 0 Å². The fourth-order valence-corrected chi connectivity index (χ4v) is 0.928. The van der Waals surface area contributed by atoms with Crippen LogP contribution in [0.15, 0.2) is 30.3 Å². The molecule has 0 amide bonds. The molecule has 8 heavy (non-hydrogen) atoms. The van der Waals surface area contributed by atoms with E-state index < -0.39 is 0 Å². The van der Waals surface area contributed by atoms with Gasteiger partial charge in [0.1, 0.15) is 0 Å². The zero-order chi connectivity index (χ0) is 5.82. The molecule has 1 aromatic carbocycles. The van der Waals surface area contributed by atoms with Gasteiger partial charge in [0.15, 0.2) is 0 Å². The molecule has 1 rings (SSSR count). The van der Waals surface area contributed by atoms with Gasteiger partial charge in [-0.3, -0.25) is 0 Å². The fourth-order valence-electron chi connectivity index (χ4n) is 0.511. The van der Waals surface area contributed by atoms with Crippen LogP contribution in [0.5, 0.6) is 0 Å². The van der Waals surface area contributed by atoms with Crippen LogP contribution in [0.2, 0.25) is 0 Å². The third-order valence-electron chi connectivity index (χ3n) is 0.900. The molecule has 0 atom stereocenters. The molecular formula is C7H6Au. The Morgan fingerprint density at radius 2 is 1.75 bits per heavy atom. The first kappa shape index (κ1) is 6.09. The molecule has 0 aromatic heterocycles. The average Bonchev–Trinajstić information content (AvgIpc) is 1.90. The molecule has 0 N–H and O–H groups in total. The number of hydrogen-bond acceptors (Lipinski definition) is 0. The molecule has 0 nitrogen and oxygen atoms in total. The summed E-state index contributed by atoms with van der Waals surface area (Å²) >= 11 is 2.39. The quantitative estimate of drug-likeness (QED) is 0.690. The van der Waals surface area contributed by atoms with E-state index in [1.807, 2.05) is 22.8 Å². The van der Waals surface area contributed by atoms with Crippen LogP contribution in [0.1, 0.15) is 5.56 Å². The van der Waals surface area contributed by atoms with Crippen LogP contribution in [0.25, 0.3) is 0 Å². The van der Waals surface area contributed by atoms with Gasteiger partial charge in [-0.15, -0.1) is 0 Å². The molecule has 0 heterocycles. The molecule has 0 bridgehead atoms. The second-order valence-corrected chi connectivity index (χ2v) is 2.12. The van der Waals surface area contributed by atoms with Gasteiger partial charge in [0.25, 0.3) is 0 Å². The van der Waals surface area contributed by atoms with Gasteiger partial charge >= 0.3 is 61.6 Å². The van der Waals surface area contributed by atoms with E-state index in [0.29, 0.717) is 0 Å². The average molecular weight is 287 g/mol. The van der Waals surface area contributed by atoms with Gasteiger partial charge in [0.05, 0.1) is 0 Å². The monoisotopic (exact) mass is 287 g/mol. The Kier molecular flexibility index (Phi) is 2.34. The normalized spacial score (nSPS) is 9.25. The molecule has 0 fully saturated rings. The number of hydrogen-bond donors (Lipinski definition) is 0. The summed E-state index contributed by atoms with van der Waals surface area (Å²) in [7, 11) is 0. The molecule has 0 aliphatic carbocycles. The first-order valence-electron chi connectivity index (χ1n) is 2.37. The summed E-state index contributed by atoms with van der Waals surface area (Å²) in [5, 5.41) is 0. The molecule has 1 aromatic rings. The Balaban J connectivity index is 2.83. The summed E-state index contributed by atoms with van der Waals surface area (Å²) in [6.45, 7) is 0. The van der Waals surface area contributed by atoms with Crippen LogP contribution in [-0.2, 0) is 21.1 Å². The van der Waals surface area contributed by atoms with Gasteiger partial charge in [-0.2, -0.15) is 0 Å². The van der Waals surface area contributed by atoms with Gasteiger partial charge in [0.2, 0.25) is 0 Å². The third-order valence-corrected chi connectivity index (χ3v) is 1.62. The minimum atomic E-state index is 1.26. The zero-order valence-electron chi connectivity index (χ0n) is 4.27. The summed E-state index contributed by atoms with van der Waals surface area (Å²) < 4.78 is 2.03. The molecule has 0 aliphatic heterocycles. The third kappa shape index (κ3) is 1.48. The molecule has 45 valence electrons. The van der Waals surface area contributed by atoms with Crippen molar-refractivity contribution in [2.75, 3.05) is 0 Å². The van der Waals surface area contributed by atoms with Crippen molar-refractivity contribution in [3.63, 3.8) is 0 Å². The van der Waals surface area contributed by atoms with Gasteiger partial charge in [0, 0.05) is 0 Å². The number of benzene rings is 1. The second kappa shape index (κ2) is 3.08. The van der Waals surface area contributed by atoms with E-state index >= 15 is 0 Å². The molecule has 0 spiro atoms. The molecule has 1 radical (unpaired) electrons. The van der Waals surface area contributed by atoms with Gasteiger partial charge in [-0.25, -0.2) is 0 Å². The van der Waals surface area contributed by atoms with Crippen LogP contribution in [0.3, 0.4) is 0 Å². The molecule has 0 unspecified atom stereocenters. The van der Waals surface area contributed by atoms with E-state index in [9.17, 15) is 0 Å². The maximum atomic E-state index is 2.39. The van der Waals surface area contributed by atoms with Crippen LogP contribution in [0, 0.1) is 4.64 Å². The topological polar surface area (TPSA) is 0 Å². The van der Waals surface area contributed by atoms with E-state index in [0.717, 1.165) is 0 Å². The fraction of sp³-hybridized carbons (Fsp3) is 0. The van der Waals surface area contributed by atoms with E-state index in [2.05, 4.69) is 33.2 Å². The van der Waals surface area contributed by atoms with Crippen molar-refractivity contribution in [3.8, 4) is 0 Å². The summed E-state index contributed by atoms with van der Waals surface area (Å²) in [5.41, 5.74) is 1.26. The SMILES string of the molecule is [Au][CH]c1ccccc1. The van der Waals surface area contributed by atoms with Gasteiger partial charge in [-0.05, 0) is 0 Å². The van der Waals surface area contributed by atoms with Crippen LogP contribution in [-0.4, -0.2) is 0 Å². The van der Waals surface area contributed by atoms with Gasteiger partial charge in [-0.1, -0.05) is 0 Å². The summed E-state index contributed by atoms with van der Waals surface area (Å²) in [4.78, 5) is 0. The van der Waals surface area contributed by atoms with Crippen LogP contribution in [0.4, 0.5) is 0 Å². The van der Waals surface area contributed by atoms with Crippen LogP contribution >= 0.6 is 0 Å². The van der Waals surface area contributed by atoms with Crippen molar-refractivity contribution in [2.24, 2.45) is 0 Å². The summed E-state index contributed by atoms with van der Waals surface area (Å²) in [6.07, 6.45) is 0. The molecule has 0 saturated heterocycles. The summed E-state index contributed by atoms with van der Waals surface area (Å²) in [6, 6.07) is 10.2. The Hall–Kier alpha value is -0.0397. The predicted molar refractivity (Wildman–Crippen MR) is 29.8 cm³/mol. The number of rotatable bonds is 1. The van der Waals surface area contributed by atoms with E-state index in [-0.39, 0.29) is 0 Å². The van der Waals surface area contributed by atoms with Crippen molar-refractivity contribution < 1.29 is 21.1 Å². The Morgan fingerprint density at radius 3 is 2.12 bits per heavy atom. The Morgan fingerprint density at radius 1 is 1.12 bits per heavy atom. The molecule has 0 saturated carbocycles. The Labute approximate surface area is 61.8 Å².